The Bertz CT molecular complexity index is 543. The Hall–Kier alpha value is -1.81. The van der Waals surface area contributed by atoms with Crippen molar-refractivity contribution in [1.82, 2.24) is 10.3 Å². The number of hydrogen-bond acceptors (Lipinski definition) is 2. The van der Waals surface area contributed by atoms with Crippen LogP contribution in [0.3, 0.4) is 0 Å². The summed E-state index contributed by atoms with van der Waals surface area (Å²) in [4.78, 5) is 15.3. The van der Waals surface area contributed by atoms with E-state index in [2.05, 4.69) is 10.3 Å². The topological polar surface area (TPSA) is 65.1 Å². The van der Waals surface area contributed by atoms with E-state index in [-0.39, 0.29) is 18.1 Å². The van der Waals surface area contributed by atoms with Gasteiger partial charge in [-0.15, -0.1) is 0 Å². The maximum Gasteiger partial charge on any atom is 0.268 e. The number of para-hydroxylation sites is 1. The number of aromatic nitrogens is 1. The molecule has 1 aromatic heterocycles. The molecule has 1 amide bonds. The molecule has 0 aliphatic rings. The lowest BCUT2D eigenvalue weighted by Gasteiger charge is -2.28. The van der Waals surface area contributed by atoms with Crippen molar-refractivity contribution in [2.75, 3.05) is 6.61 Å². The number of benzene rings is 1. The predicted octanol–water partition coefficient (Wildman–Crippen LogP) is 2.45. The van der Waals surface area contributed by atoms with Crippen molar-refractivity contribution in [2.24, 2.45) is 0 Å². The van der Waals surface area contributed by atoms with Crippen molar-refractivity contribution in [1.29, 1.82) is 0 Å². The van der Waals surface area contributed by atoms with Gasteiger partial charge in [-0.2, -0.15) is 0 Å². The fourth-order valence-electron chi connectivity index (χ4n) is 2.11. The number of amides is 1. The molecule has 0 radical (unpaired) electrons. The minimum absolute atomic E-state index is 0.0668. The molecule has 1 unspecified atom stereocenters. The molecule has 2 rings (SSSR count). The van der Waals surface area contributed by atoms with E-state index in [4.69, 9.17) is 5.11 Å². The first kappa shape index (κ1) is 13.6. The van der Waals surface area contributed by atoms with E-state index in [1.165, 1.54) is 0 Å². The smallest absolute Gasteiger partial charge is 0.268 e. The Kier molecular flexibility index (Phi) is 3.90. The molecule has 1 heterocycles. The molecule has 19 heavy (non-hydrogen) atoms. The monoisotopic (exact) mass is 260 g/mol. The van der Waals surface area contributed by atoms with E-state index < -0.39 is 0 Å². The van der Waals surface area contributed by atoms with Gasteiger partial charge < -0.3 is 15.4 Å². The van der Waals surface area contributed by atoms with Gasteiger partial charge in [0, 0.05) is 23.0 Å². The highest BCUT2D eigenvalue weighted by Gasteiger charge is 2.24. The Balaban J connectivity index is 2.19. The van der Waals surface area contributed by atoms with Crippen molar-refractivity contribution in [3.8, 4) is 0 Å². The van der Waals surface area contributed by atoms with Crippen LogP contribution in [0.15, 0.2) is 30.3 Å². The lowest BCUT2D eigenvalue weighted by atomic mass is 9.95. The average molecular weight is 260 g/mol. The quantitative estimate of drug-likeness (QED) is 0.773. The number of aliphatic hydroxyl groups excluding tert-OH is 1. The van der Waals surface area contributed by atoms with Crippen LogP contribution >= 0.6 is 0 Å². The van der Waals surface area contributed by atoms with Crippen LogP contribution in [0.25, 0.3) is 10.9 Å². The van der Waals surface area contributed by atoms with Gasteiger partial charge in [0.1, 0.15) is 5.69 Å². The van der Waals surface area contributed by atoms with Gasteiger partial charge in [-0.25, -0.2) is 0 Å². The van der Waals surface area contributed by atoms with Gasteiger partial charge in [-0.05, 0) is 31.9 Å². The van der Waals surface area contributed by atoms with Crippen LogP contribution in [-0.2, 0) is 0 Å². The molecule has 0 saturated heterocycles. The predicted molar refractivity (Wildman–Crippen MR) is 76.2 cm³/mol. The van der Waals surface area contributed by atoms with E-state index in [1.807, 2.05) is 44.2 Å². The molecule has 102 valence electrons. The third kappa shape index (κ3) is 2.96. The first-order valence-electron chi connectivity index (χ1n) is 6.59. The molecule has 1 atom stereocenters. The number of hydrogen-bond donors (Lipinski definition) is 3. The van der Waals surface area contributed by atoms with E-state index in [0.29, 0.717) is 12.1 Å². The molecule has 2 aromatic rings. The summed E-state index contributed by atoms with van der Waals surface area (Å²) in [6.45, 7) is 4.02. The summed E-state index contributed by atoms with van der Waals surface area (Å²) in [7, 11) is 0. The first-order valence-corrected chi connectivity index (χ1v) is 6.59. The summed E-state index contributed by atoms with van der Waals surface area (Å²) >= 11 is 0. The Morgan fingerprint density at radius 1 is 1.42 bits per heavy atom. The van der Waals surface area contributed by atoms with Crippen molar-refractivity contribution in [2.45, 2.75) is 32.2 Å². The molecule has 3 N–H and O–H groups in total. The van der Waals surface area contributed by atoms with Gasteiger partial charge in [0.05, 0.1) is 0 Å². The van der Waals surface area contributed by atoms with Crippen LogP contribution in [0.5, 0.6) is 0 Å². The normalized spacial score (nSPS) is 14.3. The average Bonchev–Trinajstić information content (AvgIpc) is 2.83. The fourth-order valence-corrected chi connectivity index (χ4v) is 2.11. The number of aliphatic hydroxyl groups is 1. The van der Waals surface area contributed by atoms with Crippen molar-refractivity contribution >= 4 is 16.8 Å². The zero-order valence-electron chi connectivity index (χ0n) is 11.4. The van der Waals surface area contributed by atoms with E-state index in [9.17, 15) is 4.79 Å². The van der Waals surface area contributed by atoms with Crippen LogP contribution in [0.2, 0.25) is 0 Å². The van der Waals surface area contributed by atoms with Gasteiger partial charge >= 0.3 is 0 Å². The summed E-state index contributed by atoms with van der Waals surface area (Å²) in [5.74, 6) is -0.131. The number of carbonyl (C=O) groups excluding carboxylic acids is 1. The van der Waals surface area contributed by atoms with Gasteiger partial charge in [0.25, 0.3) is 5.91 Å². The zero-order chi connectivity index (χ0) is 13.9. The highest BCUT2D eigenvalue weighted by molar-refractivity contribution is 5.98. The number of fused-ring (bicyclic) bond motifs is 1. The van der Waals surface area contributed by atoms with E-state index in [0.717, 1.165) is 17.3 Å². The second-order valence-electron chi connectivity index (χ2n) is 5.11. The summed E-state index contributed by atoms with van der Waals surface area (Å²) < 4.78 is 0. The van der Waals surface area contributed by atoms with Crippen LogP contribution < -0.4 is 5.32 Å². The van der Waals surface area contributed by atoms with Crippen molar-refractivity contribution < 1.29 is 9.90 Å². The second-order valence-corrected chi connectivity index (χ2v) is 5.11. The van der Waals surface area contributed by atoms with Crippen LogP contribution in [0, 0.1) is 0 Å². The van der Waals surface area contributed by atoms with Crippen LogP contribution in [0.4, 0.5) is 0 Å². The van der Waals surface area contributed by atoms with Gasteiger partial charge in [-0.1, -0.05) is 25.1 Å². The molecule has 0 aliphatic carbocycles. The molecular weight excluding hydrogens is 240 g/mol. The molecule has 0 saturated carbocycles. The molecule has 4 nitrogen and oxygen atoms in total. The molecular formula is C15H20N2O2. The lowest BCUT2D eigenvalue weighted by molar-refractivity contribution is 0.0882. The van der Waals surface area contributed by atoms with E-state index in [1.54, 1.807) is 0 Å². The third-order valence-electron chi connectivity index (χ3n) is 3.63. The van der Waals surface area contributed by atoms with Crippen LogP contribution in [-0.4, -0.2) is 28.1 Å². The fraction of sp³-hybridized carbons (Fsp3) is 0.400. The Morgan fingerprint density at radius 2 is 2.16 bits per heavy atom. The van der Waals surface area contributed by atoms with Crippen molar-refractivity contribution in [3.05, 3.63) is 36.0 Å². The molecule has 0 aliphatic heterocycles. The largest absolute Gasteiger partial charge is 0.396 e. The lowest BCUT2D eigenvalue weighted by Crippen LogP contribution is -2.46. The number of nitrogens with one attached hydrogen (secondary N) is 2. The standard InChI is InChI=1S/C15H20N2O2/c1-3-15(2,8-9-18)17-14(19)13-10-11-6-4-5-7-12(11)16-13/h4-7,10,16,18H,3,8-9H2,1-2H3,(H,17,19). The highest BCUT2D eigenvalue weighted by atomic mass is 16.3. The number of aromatic amines is 1. The SMILES string of the molecule is CCC(C)(CCO)NC(=O)c1cc2ccccc2[nH]1. The minimum atomic E-state index is -0.372. The van der Waals surface area contributed by atoms with Crippen LogP contribution in [0.1, 0.15) is 37.2 Å². The maximum absolute atomic E-state index is 12.2. The highest BCUT2D eigenvalue weighted by Crippen LogP contribution is 2.18. The maximum atomic E-state index is 12.2. The molecule has 1 aromatic carbocycles. The summed E-state index contributed by atoms with van der Waals surface area (Å²) in [5.41, 5.74) is 1.13. The molecule has 4 heteroatoms. The summed E-state index contributed by atoms with van der Waals surface area (Å²) in [6, 6.07) is 9.64. The second kappa shape index (κ2) is 5.45. The van der Waals surface area contributed by atoms with Crippen molar-refractivity contribution in [3.63, 3.8) is 0 Å². The Labute approximate surface area is 112 Å². The van der Waals surface area contributed by atoms with Gasteiger partial charge in [0.2, 0.25) is 0 Å². The first-order chi connectivity index (χ1) is 9.08. The molecule has 0 bridgehead atoms. The summed E-state index contributed by atoms with van der Waals surface area (Å²) in [5, 5.41) is 13.1. The third-order valence-corrected chi connectivity index (χ3v) is 3.63. The van der Waals surface area contributed by atoms with Gasteiger partial charge in [-0.3, -0.25) is 4.79 Å². The number of H-pyrrole nitrogens is 1. The van der Waals surface area contributed by atoms with E-state index >= 15 is 0 Å². The summed E-state index contributed by atoms with van der Waals surface area (Å²) in [6.07, 6.45) is 1.33. The Morgan fingerprint density at radius 3 is 2.79 bits per heavy atom. The molecule has 0 fully saturated rings. The number of rotatable bonds is 5. The zero-order valence-corrected chi connectivity index (χ0v) is 11.4. The van der Waals surface area contributed by atoms with Gasteiger partial charge in [0.15, 0.2) is 0 Å². The molecule has 0 spiro atoms. The number of carbonyl (C=O) groups is 1. The minimum Gasteiger partial charge on any atom is -0.396 e.